The van der Waals surface area contributed by atoms with E-state index in [1.807, 2.05) is 17.9 Å². The number of nitrogens with zero attached hydrogens (tertiary/aromatic N) is 3. The lowest BCUT2D eigenvalue weighted by Gasteiger charge is -2.26. The van der Waals surface area contributed by atoms with E-state index in [2.05, 4.69) is 46.0 Å². The third-order valence-corrected chi connectivity index (χ3v) is 3.24. The maximum atomic E-state index is 5.51. The Morgan fingerprint density at radius 1 is 1.39 bits per heavy atom. The highest BCUT2D eigenvalue weighted by Crippen LogP contribution is 2.03. The predicted molar refractivity (Wildman–Crippen MR) is 78.2 cm³/mol. The Kier molecular flexibility index (Phi) is 7.54. The Morgan fingerprint density at radius 2 is 2.17 bits per heavy atom. The maximum Gasteiger partial charge on any atom is 0.0593 e. The first-order valence-corrected chi connectivity index (χ1v) is 7.61. The fourth-order valence-electron chi connectivity index (χ4n) is 1.84. The first-order chi connectivity index (χ1) is 8.63. The summed E-state index contributed by atoms with van der Waals surface area (Å²) < 4.78 is 7.37. The molecule has 0 aliphatic rings. The van der Waals surface area contributed by atoms with Crippen LogP contribution in [0.1, 0.15) is 19.4 Å². The number of rotatable bonds is 9. The van der Waals surface area contributed by atoms with Gasteiger partial charge in [0, 0.05) is 37.7 Å². The van der Waals surface area contributed by atoms with Gasteiger partial charge in [0.25, 0.3) is 0 Å². The SMILES string of the molecule is CC(C)N(CCOCCBr)CCc1cnn(C)c1. The Hall–Kier alpha value is -0.390. The Morgan fingerprint density at radius 3 is 2.72 bits per heavy atom. The molecule has 0 aliphatic heterocycles. The first-order valence-electron chi connectivity index (χ1n) is 6.48. The third-order valence-electron chi connectivity index (χ3n) is 2.92. The Bertz CT molecular complexity index is 328. The van der Waals surface area contributed by atoms with Crippen molar-refractivity contribution in [3.63, 3.8) is 0 Å². The van der Waals surface area contributed by atoms with E-state index < -0.39 is 0 Å². The number of aryl methyl sites for hydroxylation is 1. The highest BCUT2D eigenvalue weighted by molar-refractivity contribution is 9.09. The summed E-state index contributed by atoms with van der Waals surface area (Å²) in [6.07, 6.45) is 5.07. The van der Waals surface area contributed by atoms with Gasteiger partial charge in [-0.05, 0) is 25.8 Å². The van der Waals surface area contributed by atoms with Crippen molar-refractivity contribution in [2.45, 2.75) is 26.3 Å². The zero-order valence-corrected chi connectivity index (χ0v) is 13.2. The topological polar surface area (TPSA) is 30.3 Å². The molecule has 0 bridgehead atoms. The van der Waals surface area contributed by atoms with Crippen LogP contribution >= 0.6 is 15.9 Å². The summed E-state index contributed by atoms with van der Waals surface area (Å²) in [4.78, 5) is 2.45. The zero-order chi connectivity index (χ0) is 13.4. The van der Waals surface area contributed by atoms with E-state index >= 15 is 0 Å². The largest absolute Gasteiger partial charge is 0.379 e. The molecule has 5 heteroatoms. The van der Waals surface area contributed by atoms with Gasteiger partial charge in [-0.25, -0.2) is 0 Å². The van der Waals surface area contributed by atoms with Crippen LogP contribution < -0.4 is 0 Å². The minimum absolute atomic E-state index is 0.550. The van der Waals surface area contributed by atoms with Gasteiger partial charge in [-0.2, -0.15) is 5.10 Å². The zero-order valence-electron chi connectivity index (χ0n) is 11.6. The molecule has 0 amide bonds. The normalized spacial score (nSPS) is 11.7. The van der Waals surface area contributed by atoms with Gasteiger partial charge in [-0.15, -0.1) is 0 Å². The molecule has 1 heterocycles. The quantitative estimate of drug-likeness (QED) is 0.516. The summed E-state index contributed by atoms with van der Waals surface area (Å²) in [7, 11) is 1.96. The van der Waals surface area contributed by atoms with Crippen LogP contribution in [0.5, 0.6) is 0 Å². The van der Waals surface area contributed by atoms with Crippen molar-refractivity contribution in [2.75, 3.05) is 31.6 Å². The number of halogens is 1. The molecule has 0 aromatic carbocycles. The van der Waals surface area contributed by atoms with Gasteiger partial charge in [-0.3, -0.25) is 9.58 Å². The molecule has 1 rings (SSSR count). The van der Waals surface area contributed by atoms with Crippen molar-refractivity contribution in [3.8, 4) is 0 Å². The summed E-state index contributed by atoms with van der Waals surface area (Å²) in [5, 5.41) is 5.10. The summed E-state index contributed by atoms with van der Waals surface area (Å²) >= 11 is 3.36. The van der Waals surface area contributed by atoms with Gasteiger partial charge in [0.15, 0.2) is 0 Å². The first kappa shape index (κ1) is 15.7. The Balaban J connectivity index is 2.29. The highest BCUT2D eigenvalue weighted by atomic mass is 79.9. The standard InChI is InChI=1S/C13H24BrN3O/c1-12(2)17(7-9-18-8-5-14)6-4-13-10-15-16(3)11-13/h10-12H,4-9H2,1-3H3. The third kappa shape index (κ3) is 5.98. The van der Waals surface area contributed by atoms with Crippen molar-refractivity contribution in [1.29, 1.82) is 0 Å². The number of alkyl halides is 1. The molecule has 0 atom stereocenters. The average molecular weight is 318 g/mol. The van der Waals surface area contributed by atoms with E-state index in [4.69, 9.17) is 4.74 Å². The minimum Gasteiger partial charge on any atom is -0.379 e. The lowest BCUT2D eigenvalue weighted by molar-refractivity contribution is 0.103. The van der Waals surface area contributed by atoms with Gasteiger partial charge >= 0.3 is 0 Å². The predicted octanol–water partition coefficient (Wildman–Crippen LogP) is 2.08. The summed E-state index contributed by atoms with van der Waals surface area (Å²) in [6, 6.07) is 0.550. The second-order valence-corrected chi connectivity index (χ2v) is 5.50. The molecular weight excluding hydrogens is 294 g/mol. The van der Waals surface area contributed by atoms with Gasteiger partial charge in [-0.1, -0.05) is 15.9 Å². The number of hydrogen-bond acceptors (Lipinski definition) is 3. The minimum atomic E-state index is 0.550. The average Bonchev–Trinajstić information content (AvgIpc) is 2.73. The van der Waals surface area contributed by atoms with E-state index in [1.54, 1.807) is 0 Å². The van der Waals surface area contributed by atoms with Crippen LogP contribution in [0.15, 0.2) is 12.4 Å². The molecule has 0 N–H and O–H groups in total. The molecule has 0 saturated carbocycles. The second-order valence-electron chi connectivity index (χ2n) is 4.70. The van der Waals surface area contributed by atoms with Crippen LogP contribution in [0.2, 0.25) is 0 Å². The lowest BCUT2D eigenvalue weighted by atomic mass is 10.2. The second kappa shape index (κ2) is 8.67. The van der Waals surface area contributed by atoms with Crippen LogP contribution in [-0.4, -0.2) is 52.4 Å². The van der Waals surface area contributed by atoms with Gasteiger partial charge < -0.3 is 4.74 Å². The molecule has 0 spiro atoms. The smallest absolute Gasteiger partial charge is 0.0593 e. The Labute approximate surface area is 118 Å². The molecule has 1 aromatic rings. The molecular formula is C13H24BrN3O. The molecule has 0 fully saturated rings. The maximum absolute atomic E-state index is 5.51. The van der Waals surface area contributed by atoms with Crippen LogP contribution in [0.3, 0.4) is 0 Å². The number of aromatic nitrogens is 2. The molecule has 4 nitrogen and oxygen atoms in total. The van der Waals surface area contributed by atoms with Gasteiger partial charge in [0.1, 0.15) is 0 Å². The molecule has 0 unspecified atom stereocenters. The van der Waals surface area contributed by atoms with E-state index in [0.717, 1.165) is 38.1 Å². The number of ether oxygens (including phenoxy) is 1. The monoisotopic (exact) mass is 317 g/mol. The summed E-state index contributed by atoms with van der Waals surface area (Å²) in [5.74, 6) is 0. The molecule has 1 aromatic heterocycles. The van der Waals surface area contributed by atoms with E-state index in [1.165, 1.54) is 5.56 Å². The molecule has 104 valence electrons. The molecule has 0 saturated heterocycles. The fourth-order valence-corrected chi connectivity index (χ4v) is 2.07. The van der Waals surface area contributed by atoms with Crippen molar-refractivity contribution >= 4 is 15.9 Å². The van der Waals surface area contributed by atoms with Crippen LogP contribution in [0.4, 0.5) is 0 Å². The summed E-state index contributed by atoms with van der Waals surface area (Å²) in [5.41, 5.74) is 1.30. The number of hydrogen-bond donors (Lipinski definition) is 0. The fraction of sp³-hybridized carbons (Fsp3) is 0.769. The van der Waals surface area contributed by atoms with Crippen molar-refractivity contribution in [2.24, 2.45) is 7.05 Å². The van der Waals surface area contributed by atoms with Crippen LogP contribution in [0, 0.1) is 0 Å². The lowest BCUT2D eigenvalue weighted by Crippen LogP contribution is -2.35. The van der Waals surface area contributed by atoms with E-state index in [-0.39, 0.29) is 0 Å². The van der Waals surface area contributed by atoms with Crippen LogP contribution in [-0.2, 0) is 18.2 Å². The van der Waals surface area contributed by atoms with Crippen molar-refractivity contribution < 1.29 is 4.74 Å². The highest BCUT2D eigenvalue weighted by Gasteiger charge is 2.09. The van der Waals surface area contributed by atoms with Crippen LogP contribution in [0.25, 0.3) is 0 Å². The molecule has 0 aliphatic carbocycles. The van der Waals surface area contributed by atoms with Gasteiger partial charge in [0.2, 0.25) is 0 Å². The summed E-state index contributed by atoms with van der Waals surface area (Å²) in [6.45, 7) is 8.10. The van der Waals surface area contributed by atoms with E-state index in [9.17, 15) is 0 Å². The van der Waals surface area contributed by atoms with Crippen molar-refractivity contribution in [3.05, 3.63) is 18.0 Å². The molecule has 0 radical (unpaired) electrons. The molecule has 18 heavy (non-hydrogen) atoms. The van der Waals surface area contributed by atoms with E-state index in [0.29, 0.717) is 6.04 Å². The van der Waals surface area contributed by atoms with Crippen molar-refractivity contribution in [1.82, 2.24) is 14.7 Å². The van der Waals surface area contributed by atoms with Gasteiger partial charge in [0.05, 0.1) is 19.4 Å².